The quantitative estimate of drug-likeness (QED) is 0.867. The minimum Gasteiger partial charge on any atom is -0.480 e. The van der Waals surface area contributed by atoms with Crippen LogP contribution in [0.5, 0.6) is 0 Å². The van der Waals surface area contributed by atoms with Gasteiger partial charge in [0.2, 0.25) is 0 Å². The summed E-state index contributed by atoms with van der Waals surface area (Å²) in [7, 11) is 0. The Kier molecular flexibility index (Phi) is 5.00. The first-order chi connectivity index (χ1) is 9.04. The average Bonchev–Trinajstić information content (AvgIpc) is 2.28. The highest BCUT2D eigenvalue weighted by atomic mass is 35.5. The minimum absolute atomic E-state index is 0.0268. The van der Waals surface area contributed by atoms with Gasteiger partial charge >= 0.3 is 5.97 Å². The summed E-state index contributed by atoms with van der Waals surface area (Å²) < 4.78 is 13.5. The van der Waals surface area contributed by atoms with Crippen molar-refractivity contribution in [2.45, 2.75) is 26.3 Å². The van der Waals surface area contributed by atoms with E-state index in [4.69, 9.17) is 28.3 Å². The fourth-order valence-corrected chi connectivity index (χ4v) is 2.04. The van der Waals surface area contributed by atoms with Crippen LogP contribution in [0.1, 0.15) is 31.1 Å². The van der Waals surface area contributed by atoms with Gasteiger partial charge in [0.15, 0.2) is 0 Å². The van der Waals surface area contributed by atoms with Crippen molar-refractivity contribution in [1.29, 1.82) is 0 Å². The molecule has 0 saturated carbocycles. The number of carboxylic acid groups (broad SMARTS) is 1. The number of hydrogen-bond donors (Lipinski definition) is 1. The molecule has 1 amide bonds. The van der Waals surface area contributed by atoms with Crippen LogP contribution >= 0.6 is 23.2 Å². The van der Waals surface area contributed by atoms with Crippen LogP contribution in [0.25, 0.3) is 0 Å². The molecule has 0 heterocycles. The molecule has 0 aliphatic carbocycles. The lowest BCUT2D eigenvalue weighted by atomic mass is 10.0. The van der Waals surface area contributed by atoms with Crippen molar-refractivity contribution in [3.8, 4) is 0 Å². The van der Waals surface area contributed by atoms with Crippen molar-refractivity contribution in [3.63, 3.8) is 0 Å². The lowest BCUT2D eigenvalue weighted by Crippen LogP contribution is -2.48. The van der Waals surface area contributed by atoms with Gasteiger partial charge < -0.3 is 10.0 Å². The number of aliphatic carboxylic acids is 1. The predicted molar refractivity (Wildman–Crippen MR) is 74.8 cm³/mol. The van der Waals surface area contributed by atoms with Crippen LogP contribution in [-0.4, -0.2) is 34.0 Å². The molecule has 0 bridgehead atoms. The number of rotatable bonds is 3. The second-order valence-electron chi connectivity index (χ2n) is 5.20. The van der Waals surface area contributed by atoms with Gasteiger partial charge in [-0.1, -0.05) is 23.2 Å². The molecule has 0 saturated heterocycles. The van der Waals surface area contributed by atoms with Gasteiger partial charge in [0, 0.05) is 5.54 Å². The third kappa shape index (κ3) is 3.84. The van der Waals surface area contributed by atoms with Crippen molar-refractivity contribution in [2.75, 3.05) is 6.54 Å². The van der Waals surface area contributed by atoms with Crippen LogP contribution in [-0.2, 0) is 4.79 Å². The van der Waals surface area contributed by atoms with E-state index in [0.717, 1.165) is 17.0 Å². The maximum absolute atomic E-state index is 13.5. The Morgan fingerprint density at radius 2 is 1.80 bits per heavy atom. The van der Waals surface area contributed by atoms with E-state index in [1.807, 2.05) is 0 Å². The fourth-order valence-electron chi connectivity index (χ4n) is 1.58. The van der Waals surface area contributed by atoms with Gasteiger partial charge in [-0.25, -0.2) is 4.39 Å². The Morgan fingerprint density at radius 1 is 1.25 bits per heavy atom. The largest absolute Gasteiger partial charge is 0.480 e. The molecule has 0 radical (unpaired) electrons. The maximum atomic E-state index is 13.5. The van der Waals surface area contributed by atoms with Gasteiger partial charge in [0.05, 0.1) is 15.6 Å². The molecular weight excluding hydrogens is 308 g/mol. The summed E-state index contributed by atoms with van der Waals surface area (Å²) in [4.78, 5) is 24.4. The molecule has 110 valence electrons. The normalized spacial score (nSPS) is 11.3. The van der Waals surface area contributed by atoms with Crippen LogP contribution in [0.2, 0.25) is 10.0 Å². The van der Waals surface area contributed by atoms with Crippen LogP contribution in [0.3, 0.4) is 0 Å². The predicted octanol–water partition coefficient (Wildman–Crippen LogP) is 3.46. The van der Waals surface area contributed by atoms with Gasteiger partial charge in [-0.05, 0) is 32.9 Å². The summed E-state index contributed by atoms with van der Waals surface area (Å²) in [5, 5.41) is 8.66. The smallest absolute Gasteiger partial charge is 0.323 e. The Balaban J connectivity index is 3.26. The third-order valence-corrected chi connectivity index (χ3v) is 3.19. The number of carbonyl (C=O) groups excluding carboxylic acids is 1. The number of hydrogen-bond acceptors (Lipinski definition) is 2. The van der Waals surface area contributed by atoms with Crippen molar-refractivity contribution in [3.05, 3.63) is 33.6 Å². The first kappa shape index (κ1) is 16.7. The molecule has 0 aliphatic heterocycles. The maximum Gasteiger partial charge on any atom is 0.323 e. The molecular formula is C13H14Cl2FNO3. The summed E-state index contributed by atoms with van der Waals surface area (Å²) in [5.41, 5.74) is -0.876. The molecule has 0 unspecified atom stereocenters. The Morgan fingerprint density at radius 3 is 2.25 bits per heavy atom. The second-order valence-corrected chi connectivity index (χ2v) is 6.02. The first-order valence-electron chi connectivity index (χ1n) is 5.72. The molecule has 7 heteroatoms. The third-order valence-electron chi connectivity index (χ3n) is 2.59. The van der Waals surface area contributed by atoms with E-state index in [2.05, 4.69) is 0 Å². The molecule has 0 aromatic heterocycles. The number of nitrogens with zero attached hydrogens (tertiary/aromatic N) is 1. The van der Waals surface area contributed by atoms with E-state index in [0.29, 0.717) is 0 Å². The number of amides is 1. The Hall–Kier alpha value is -1.33. The molecule has 20 heavy (non-hydrogen) atoms. The zero-order valence-corrected chi connectivity index (χ0v) is 12.7. The van der Waals surface area contributed by atoms with E-state index in [1.165, 1.54) is 0 Å². The SMILES string of the molecule is CC(C)(C)N(CC(=O)O)C(=O)c1cc(F)c(Cl)cc1Cl. The number of carboxylic acids is 1. The van der Waals surface area contributed by atoms with E-state index in [9.17, 15) is 14.0 Å². The number of carbonyl (C=O) groups is 2. The summed E-state index contributed by atoms with van der Waals surface area (Å²) in [6.07, 6.45) is 0. The van der Waals surface area contributed by atoms with Crippen LogP contribution in [0.4, 0.5) is 4.39 Å². The number of benzene rings is 1. The zero-order chi connectivity index (χ0) is 15.7. The van der Waals surface area contributed by atoms with Crippen molar-refractivity contribution >= 4 is 35.1 Å². The van der Waals surface area contributed by atoms with Gasteiger partial charge in [0.1, 0.15) is 12.4 Å². The van der Waals surface area contributed by atoms with Gasteiger partial charge in [-0.3, -0.25) is 9.59 Å². The molecule has 4 nitrogen and oxygen atoms in total. The van der Waals surface area contributed by atoms with E-state index in [1.54, 1.807) is 20.8 Å². The lowest BCUT2D eigenvalue weighted by Gasteiger charge is -2.34. The zero-order valence-electron chi connectivity index (χ0n) is 11.2. The molecule has 1 aromatic carbocycles. The number of halogens is 3. The Labute approximate surface area is 126 Å². The topological polar surface area (TPSA) is 57.6 Å². The fraction of sp³-hybridized carbons (Fsp3) is 0.385. The van der Waals surface area contributed by atoms with Crippen molar-refractivity contribution in [1.82, 2.24) is 4.90 Å². The standard InChI is InChI=1S/C13H14Cl2FNO3/c1-13(2,3)17(6-11(18)19)12(20)7-4-10(16)9(15)5-8(7)14/h4-5H,6H2,1-3H3,(H,18,19). The summed E-state index contributed by atoms with van der Waals surface area (Å²) in [6.45, 7) is 4.51. The summed E-state index contributed by atoms with van der Waals surface area (Å²) >= 11 is 11.4. The van der Waals surface area contributed by atoms with E-state index in [-0.39, 0.29) is 15.6 Å². The van der Waals surface area contributed by atoms with Gasteiger partial charge in [-0.2, -0.15) is 0 Å². The van der Waals surface area contributed by atoms with Crippen molar-refractivity contribution < 1.29 is 19.1 Å². The summed E-state index contributed by atoms with van der Waals surface area (Å²) in [5.74, 6) is -2.62. The van der Waals surface area contributed by atoms with Crippen LogP contribution < -0.4 is 0 Å². The second kappa shape index (κ2) is 5.97. The van der Waals surface area contributed by atoms with Gasteiger partial charge in [-0.15, -0.1) is 0 Å². The molecule has 1 N–H and O–H groups in total. The monoisotopic (exact) mass is 321 g/mol. The van der Waals surface area contributed by atoms with E-state index >= 15 is 0 Å². The highest BCUT2D eigenvalue weighted by Crippen LogP contribution is 2.27. The molecule has 1 aromatic rings. The minimum atomic E-state index is -1.17. The molecule has 0 aliphatic rings. The molecule has 0 atom stereocenters. The Bertz CT molecular complexity index is 555. The lowest BCUT2D eigenvalue weighted by molar-refractivity contribution is -0.138. The van der Waals surface area contributed by atoms with Crippen molar-refractivity contribution in [2.24, 2.45) is 0 Å². The van der Waals surface area contributed by atoms with E-state index < -0.39 is 29.8 Å². The van der Waals surface area contributed by atoms with Crippen LogP contribution in [0.15, 0.2) is 12.1 Å². The molecule has 0 fully saturated rings. The van der Waals surface area contributed by atoms with Crippen LogP contribution in [0, 0.1) is 5.82 Å². The molecule has 0 spiro atoms. The highest BCUT2D eigenvalue weighted by Gasteiger charge is 2.30. The highest BCUT2D eigenvalue weighted by molar-refractivity contribution is 6.36. The molecule has 1 rings (SSSR count). The average molecular weight is 322 g/mol. The van der Waals surface area contributed by atoms with Gasteiger partial charge in [0.25, 0.3) is 5.91 Å². The first-order valence-corrected chi connectivity index (χ1v) is 6.48. The summed E-state index contributed by atoms with van der Waals surface area (Å²) in [6, 6.07) is 2.03.